The van der Waals surface area contributed by atoms with Gasteiger partial charge in [0.2, 0.25) is 5.91 Å². The van der Waals surface area contributed by atoms with Crippen LogP contribution in [0.3, 0.4) is 0 Å². The van der Waals surface area contributed by atoms with E-state index in [4.69, 9.17) is 9.98 Å². The Hall–Kier alpha value is -3.71. The average molecular weight is 483 g/mol. The maximum atomic E-state index is 13.6. The van der Waals surface area contributed by atoms with Gasteiger partial charge in [0.15, 0.2) is 11.2 Å². The standard InChI is InChI=1S/C28H26N4O2S/c1-4-23(26(33)29-22-16-17(2)14-15-18(22)3)35-28-30-21-13-9-8-12-20(21)25-31-24(27(34)32(25)28)19-10-6-5-7-11-19/h5-16,23-24H,4H2,1-3H3,(H,29,33)/t23-,24-/m1/s1. The molecule has 0 aromatic heterocycles. The molecule has 176 valence electrons. The number of aryl methyl sites for hydroxylation is 2. The van der Waals surface area contributed by atoms with E-state index >= 15 is 0 Å². The largest absolute Gasteiger partial charge is 0.325 e. The molecular weight excluding hydrogens is 456 g/mol. The number of amidine groups is 2. The Kier molecular flexibility index (Phi) is 6.26. The van der Waals surface area contributed by atoms with E-state index in [2.05, 4.69) is 5.32 Å². The molecule has 3 aromatic carbocycles. The molecule has 0 saturated heterocycles. The number of aliphatic imine (C=N–C) groups is 2. The van der Waals surface area contributed by atoms with Crippen LogP contribution in [-0.2, 0) is 9.59 Å². The number of carbonyl (C=O) groups excluding carboxylic acids is 2. The molecule has 35 heavy (non-hydrogen) atoms. The van der Waals surface area contributed by atoms with Crippen LogP contribution in [0.5, 0.6) is 0 Å². The number of nitrogens with zero attached hydrogens (tertiary/aromatic N) is 3. The fourth-order valence-corrected chi connectivity index (χ4v) is 5.23. The predicted molar refractivity (Wildman–Crippen MR) is 142 cm³/mol. The van der Waals surface area contributed by atoms with Crippen molar-refractivity contribution in [3.8, 4) is 0 Å². The van der Waals surface area contributed by atoms with E-state index in [9.17, 15) is 9.59 Å². The molecule has 0 radical (unpaired) electrons. The summed E-state index contributed by atoms with van der Waals surface area (Å²) >= 11 is 1.31. The molecule has 5 rings (SSSR count). The van der Waals surface area contributed by atoms with Crippen molar-refractivity contribution >= 4 is 46.0 Å². The number of hydrogen-bond acceptors (Lipinski definition) is 5. The van der Waals surface area contributed by atoms with E-state index in [-0.39, 0.29) is 11.8 Å². The van der Waals surface area contributed by atoms with Gasteiger partial charge in [0.1, 0.15) is 5.84 Å². The van der Waals surface area contributed by atoms with Crippen LogP contribution in [0.1, 0.15) is 41.6 Å². The zero-order chi connectivity index (χ0) is 24.5. The zero-order valence-corrected chi connectivity index (χ0v) is 20.7. The van der Waals surface area contributed by atoms with Crippen molar-refractivity contribution in [1.29, 1.82) is 0 Å². The van der Waals surface area contributed by atoms with E-state index in [1.54, 1.807) is 4.90 Å². The highest BCUT2D eigenvalue weighted by atomic mass is 32.2. The van der Waals surface area contributed by atoms with Crippen LogP contribution >= 0.6 is 11.8 Å². The number of rotatable bonds is 5. The molecule has 3 aromatic rings. The molecule has 2 aliphatic rings. The van der Waals surface area contributed by atoms with Crippen molar-refractivity contribution in [2.45, 2.75) is 38.5 Å². The van der Waals surface area contributed by atoms with Crippen LogP contribution in [0.25, 0.3) is 0 Å². The molecule has 1 N–H and O–H groups in total. The third kappa shape index (κ3) is 4.39. The summed E-state index contributed by atoms with van der Waals surface area (Å²) in [5.41, 5.74) is 5.28. The Morgan fingerprint density at radius 1 is 1.06 bits per heavy atom. The highest BCUT2D eigenvalue weighted by molar-refractivity contribution is 8.15. The van der Waals surface area contributed by atoms with Crippen LogP contribution in [0.4, 0.5) is 11.4 Å². The smallest absolute Gasteiger partial charge is 0.263 e. The first-order valence-corrected chi connectivity index (χ1v) is 12.5. The minimum atomic E-state index is -0.632. The Balaban J connectivity index is 1.46. The Morgan fingerprint density at radius 2 is 1.80 bits per heavy atom. The molecule has 2 amide bonds. The summed E-state index contributed by atoms with van der Waals surface area (Å²) in [6.07, 6.45) is 0.582. The monoisotopic (exact) mass is 482 g/mol. The molecule has 7 heteroatoms. The number of benzene rings is 3. The van der Waals surface area contributed by atoms with Gasteiger partial charge in [-0.1, -0.05) is 73.3 Å². The molecule has 0 fully saturated rings. The summed E-state index contributed by atoms with van der Waals surface area (Å²) in [5.74, 6) is 0.316. The van der Waals surface area contributed by atoms with Gasteiger partial charge in [-0.25, -0.2) is 14.9 Å². The molecular formula is C28H26N4O2S. The predicted octanol–water partition coefficient (Wildman–Crippen LogP) is 5.79. The third-order valence-electron chi connectivity index (χ3n) is 6.15. The number of anilines is 1. The highest BCUT2D eigenvalue weighted by Crippen LogP contribution is 2.38. The number of amides is 2. The average Bonchev–Trinajstić information content (AvgIpc) is 3.23. The van der Waals surface area contributed by atoms with Crippen molar-refractivity contribution in [2.75, 3.05) is 5.32 Å². The summed E-state index contributed by atoms with van der Waals surface area (Å²) in [4.78, 5) is 38.1. The van der Waals surface area contributed by atoms with Gasteiger partial charge in [0.25, 0.3) is 5.91 Å². The lowest BCUT2D eigenvalue weighted by Gasteiger charge is -2.27. The van der Waals surface area contributed by atoms with Crippen molar-refractivity contribution in [2.24, 2.45) is 9.98 Å². The maximum Gasteiger partial charge on any atom is 0.263 e. The SMILES string of the molecule is CC[C@@H](SC1=Nc2ccccc2C2=N[C@H](c3ccccc3)C(=O)N12)C(=O)Nc1cc(C)ccc1C. The molecule has 0 unspecified atom stereocenters. The first-order chi connectivity index (χ1) is 17.0. The highest BCUT2D eigenvalue weighted by Gasteiger charge is 2.43. The van der Waals surface area contributed by atoms with Crippen LogP contribution in [0.15, 0.2) is 82.8 Å². The van der Waals surface area contributed by atoms with Gasteiger partial charge in [-0.05, 0) is 55.2 Å². The van der Waals surface area contributed by atoms with E-state index in [0.29, 0.717) is 17.4 Å². The van der Waals surface area contributed by atoms with Crippen molar-refractivity contribution in [3.63, 3.8) is 0 Å². The van der Waals surface area contributed by atoms with Gasteiger partial charge in [0.05, 0.1) is 10.9 Å². The number of carbonyl (C=O) groups is 2. The first-order valence-electron chi connectivity index (χ1n) is 11.7. The molecule has 0 saturated carbocycles. The number of para-hydroxylation sites is 1. The van der Waals surface area contributed by atoms with Gasteiger partial charge in [-0.3, -0.25) is 9.59 Å². The van der Waals surface area contributed by atoms with E-state index in [1.165, 1.54) is 11.8 Å². The lowest BCUT2D eigenvalue weighted by Crippen LogP contribution is -2.41. The van der Waals surface area contributed by atoms with Gasteiger partial charge in [-0.2, -0.15) is 0 Å². The second-order valence-electron chi connectivity index (χ2n) is 8.67. The van der Waals surface area contributed by atoms with E-state index in [0.717, 1.165) is 33.6 Å². The normalized spacial score (nSPS) is 17.3. The minimum Gasteiger partial charge on any atom is -0.325 e. The zero-order valence-electron chi connectivity index (χ0n) is 19.9. The number of fused-ring (bicyclic) bond motifs is 3. The Morgan fingerprint density at radius 3 is 2.57 bits per heavy atom. The van der Waals surface area contributed by atoms with Crippen LogP contribution in [0, 0.1) is 13.8 Å². The molecule has 2 heterocycles. The second kappa shape index (κ2) is 9.50. The number of thioether (sulfide) groups is 1. The van der Waals surface area contributed by atoms with Gasteiger partial charge >= 0.3 is 0 Å². The van der Waals surface area contributed by atoms with Crippen molar-refractivity contribution < 1.29 is 9.59 Å². The topological polar surface area (TPSA) is 74.1 Å². The fourth-order valence-electron chi connectivity index (χ4n) is 4.21. The summed E-state index contributed by atoms with van der Waals surface area (Å²) in [6, 6.07) is 22.6. The molecule has 0 aliphatic carbocycles. The lowest BCUT2D eigenvalue weighted by atomic mass is 10.1. The maximum absolute atomic E-state index is 13.6. The summed E-state index contributed by atoms with van der Waals surface area (Å²) in [7, 11) is 0. The molecule has 0 spiro atoms. The Labute approximate surface area is 209 Å². The Bertz CT molecular complexity index is 1370. The summed E-state index contributed by atoms with van der Waals surface area (Å²) in [5, 5.41) is 3.12. The van der Waals surface area contributed by atoms with Crippen molar-refractivity contribution in [3.05, 3.63) is 95.1 Å². The molecule has 0 bridgehead atoms. The minimum absolute atomic E-state index is 0.113. The van der Waals surface area contributed by atoms with Crippen LogP contribution < -0.4 is 5.32 Å². The van der Waals surface area contributed by atoms with Gasteiger partial charge < -0.3 is 5.32 Å². The quantitative estimate of drug-likeness (QED) is 0.501. The fraction of sp³-hybridized carbons (Fsp3) is 0.214. The lowest BCUT2D eigenvalue weighted by molar-refractivity contribution is -0.124. The number of nitrogens with one attached hydrogen (secondary N) is 1. The van der Waals surface area contributed by atoms with Crippen molar-refractivity contribution in [1.82, 2.24) is 4.90 Å². The first kappa shape index (κ1) is 23.1. The van der Waals surface area contributed by atoms with Crippen LogP contribution in [0.2, 0.25) is 0 Å². The van der Waals surface area contributed by atoms with Gasteiger partial charge in [-0.15, -0.1) is 0 Å². The molecule has 2 atom stereocenters. The molecule has 2 aliphatic heterocycles. The van der Waals surface area contributed by atoms with E-state index < -0.39 is 11.3 Å². The number of hydrogen-bond donors (Lipinski definition) is 1. The second-order valence-corrected chi connectivity index (χ2v) is 9.84. The summed E-state index contributed by atoms with van der Waals surface area (Å²) in [6.45, 7) is 5.93. The third-order valence-corrected chi connectivity index (χ3v) is 7.46. The van der Waals surface area contributed by atoms with Gasteiger partial charge in [0, 0.05) is 11.3 Å². The molecule has 6 nitrogen and oxygen atoms in total. The van der Waals surface area contributed by atoms with E-state index in [1.807, 2.05) is 93.6 Å². The summed E-state index contributed by atoms with van der Waals surface area (Å²) < 4.78 is 0. The van der Waals surface area contributed by atoms with Crippen LogP contribution in [-0.4, -0.2) is 33.0 Å².